The summed E-state index contributed by atoms with van der Waals surface area (Å²) in [6, 6.07) is 20.7. The minimum Gasteiger partial charge on any atom is -0.376 e. The van der Waals surface area contributed by atoms with Crippen LogP contribution in [0.5, 0.6) is 0 Å². The highest BCUT2D eigenvalue weighted by Crippen LogP contribution is 2.33. The third-order valence-electron chi connectivity index (χ3n) is 7.03. The number of rotatable bonds is 9. The van der Waals surface area contributed by atoms with Crippen molar-refractivity contribution < 1.29 is 19.1 Å². The SMILES string of the molecule is CC(=O)c1ccccc1N(C(=O)Cn1nnc2ccccc21)[C@H](C(=O)NC[C@H]1CCCO1)c1ccccc1C. The van der Waals surface area contributed by atoms with Gasteiger partial charge in [-0.1, -0.05) is 53.7 Å². The van der Waals surface area contributed by atoms with Gasteiger partial charge in [-0.05, 0) is 62.1 Å². The highest BCUT2D eigenvalue weighted by Gasteiger charge is 2.36. The Bertz CT molecular complexity index is 1510. The van der Waals surface area contributed by atoms with Gasteiger partial charge < -0.3 is 10.1 Å². The molecular weight excluding hydrogens is 494 g/mol. The average Bonchev–Trinajstić information content (AvgIpc) is 3.61. The molecule has 0 aliphatic carbocycles. The number of ketones is 1. The molecule has 1 aromatic heterocycles. The summed E-state index contributed by atoms with van der Waals surface area (Å²) in [4.78, 5) is 42.4. The summed E-state index contributed by atoms with van der Waals surface area (Å²) >= 11 is 0. The molecule has 200 valence electrons. The van der Waals surface area contributed by atoms with E-state index in [9.17, 15) is 14.4 Å². The zero-order valence-electron chi connectivity index (χ0n) is 22.0. The highest BCUT2D eigenvalue weighted by molar-refractivity contribution is 6.08. The Kier molecular flexibility index (Phi) is 7.79. The number of Topliss-reactive ketones (excluding diaryl/α,β-unsaturated/α-hetero) is 1. The molecule has 1 fully saturated rings. The maximum atomic E-state index is 14.2. The smallest absolute Gasteiger partial charge is 0.249 e. The number of amides is 2. The molecule has 2 heterocycles. The molecule has 1 saturated heterocycles. The molecule has 9 heteroatoms. The van der Waals surface area contributed by atoms with Crippen molar-refractivity contribution in [2.24, 2.45) is 0 Å². The quantitative estimate of drug-likeness (QED) is 0.331. The third-order valence-corrected chi connectivity index (χ3v) is 7.03. The number of para-hydroxylation sites is 2. The van der Waals surface area contributed by atoms with Crippen LogP contribution >= 0.6 is 0 Å². The van der Waals surface area contributed by atoms with Crippen molar-refractivity contribution >= 4 is 34.3 Å². The van der Waals surface area contributed by atoms with Crippen molar-refractivity contribution in [2.45, 2.75) is 45.4 Å². The number of fused-ring (bicyclic) bond motifs is 1. The van der Waals surface area contributed by atoms with Crippen molar-refractivity contribution in [1.29, 1.82) is 0 Å². The number of nitrogens with one attached hydrogen (secondary N) is 1. The van der Waals surface area contributed by atoms with E-state index in [0.29, 0.717) is 41.0 Å². The van der Waals surface area contributed by atoms with Gasteiger partial charge >= 0.3 is 0 Å². The number of hydrogen-bond donors (Lipinski definition) is 1. The molecule has 9 nitrogen and oxygen atoms in total. The number of carbonyl (C=O) groups excluding carboxylic acids is 3. The van der Waals surface area contributed by atoms with Gasteiger partial charge in [0.05, 0.1) is 17.3 Å². The van der Waals surface area contributed by atoms with Crippen LogP contribution in [0.4, 0.5) is 5.69 Å². The fourth-order valence-electron chi connectivity index (χ4n) is 5.04. The first kappa shape index (κ1) is 26.2. The lowest BCUT2D eigenvalue weighted by Gasteiger charge is -2.33. The fraction of sp³-hybridized carbons (Fsp3) is 0.300. The number of benzene rings is 3. The second-order valence-corrected chi connectivity index (χ2v) is 9.71. The van der Waals surface area contributed by atoms with Gasteiger partial charge in [-0.2, -0.15) is 0 Å². The van der Waals surface area contributed by atoms with Crippen molar-refractivity contribution in [1.82, 2.24) is 20.3 Å². The number of aryl methyl sites for hydroxylation is 1. The molecule has 2 amide bonds. The third kappa shape index (κ3) is 5.58. The van der Waals surface area contributed by atoms with Gasteiger partial charge in [0, 0.05) is 18.7 Å². The minimum atomic E-state index is -1.03. The standard InChI is InChI=1S/C30H31N5O4/c1-20-10-3-4-12-23(20)29(30(38)31-18-22-11-9-17-39-22)35(26-15-7-5-13-24(26)21(2)36)28(37)19-34-27-16-8-6-14-25(27)32-33-34/h3-8,10,12-16,22,29H,9,11,17-19H2,1-2H3,(H,31,38)/t22-,29+/m1/s1. The lowest BCUT2D eigenvalue weighted by molar-refractivity contribution is -0.127. The van der Waals surface area contributed by atoms with E-state index in [0.717, 1.165) is 18.4 Å². The maximum absolute atomic E-state index is 14.2. The van der Waals surface area contributed by atoms with Crippen LogP contribution in [-0.4, -0.2) is 51.8 Å². The van der Waals surface area contributed by atoms with Crippen LogP contribution in [0.15, 0.2) is 72.8 Å². The lowest BCUT2D eigenvalue weighted by Crippen LogP contribution is -2.47. The number of ether oxygens (including phenoxy) is 1. The van der Waals surface area contributed by atoms with E-state index >= 15 is 0 Å². The summed E-state index contributed by atoms with van der Waals surface area (Å²) in [5.74, 6) is -0.965. The molecule has 39 heavy (non-hydrogen) atoms. The van der Waals surface area contributed by atoms with Gasteiger partial charge in [0.25, 0.3) is 0 Å². The topological polar surface area (TPSA) is 106 Å². The van der Waals surface area contributed by atoms with Gasteiger partial charge in [-0.3, -0.25) is 19.3 Å². The number of nitrogens with zero attached hydrogens (tertiary/aromatic N) is 4. The molecule has 0 radical (unpaired) electrons. The Balaban J connectivity index is 1.60. The largest absolute Gasteiger partial charge is 0.376 e. The van der Waals surface area contributed by atoms with Crippen LogP contribution in [0.3, 0.4) is 0 Å². The van der Waals surface area contributed by atoms with E-state index in [1.165, 1.54) is 16.5 Å². The van der Waals surface area contributed by atoms with Gasteiger partial charge in [0.2, 0.25) is 11.8 Å². The van der Waals surface area contributed by atoms with Crippen molar-refractivity contribution in [2.75, 3.05) is 18.1 Å². The van der Waals surface area contributed by atoms with Gasteiger partial charge in [0.1, 0.15) is 18.1 Å². The predicted molar refractivity (Wildman–Crippen MR) is 147 cm³/mol. The molecule has 3 aromatic carbocycles. The normalized spacial score (nSPS) is 15.7. The number of aromatic nitrogens is 3. The lowest BCUT2D eigenvalue weighted by atomic mass is 9.96. The monoisotopic (exact) mass is 525 g/mol. The highest BCUT2D eigenvalue weighted by atomic mass is 16.5. The zero-order valence-corrected chi connectivity index (χ0v) is 22.0. The number of anilines is 1. The zero-order chi connectivity index (χ0) is 27.4. The van der Waals surface area contributed by atoms with Crippen LogP contribution in [0.1, 0.15) is 47.3 Å². The Morgan fingerprint density at radius 3 is 2.56 bits per heavy atom. The molecule has 0 bridgehead atoms. The maximum Gasteiger partial charge on any atom is 0.249 e. The first-order valence-corrected chi connectivity index (χ1v) is 13.1. The molecule has 4 aromatic rings. The molecule has 2 atom stereocenters. The second kappa shape index (κ2) is 11.6. The van der Waals surface area contributed by atoms with Crippen molar-refractivity contribution in [3.8, 4) is 0 Å². The van der Waals surface area contributed by atoms with E-state index in [-0.39, 0.29) is 24.3 Å². The summed E-state index contributed by atoms with van der Waals surface area (Å²) in [6.45, 7) is 4.19. The van der Waals surface area contributed by atoms with Crippen LogP contribution in [0.25, 0.3) is 11.0 Å². The molecule has 0 unspecified atom stereocenters. The summed E-state index contributed by atoms with van der Waals surface area (Å²) in [5.41, 5.74) is 3.57. The van der Waals surface area contributed by atoms with Gasteiger partial charge in [-0.25, -0.2) is 4.68 Å². The van der Waals surface area contributed by atoms with E-state index in [2.05, 4.69) is 15.6 Å². The predicted octanol–water partition coefficient (Wildman–Crippen LogP) is 4.01. The summed E-state index contributed by atoms with van der Waals surface area (Å²) in [7, 11) is 0. The Hall–Kier alpha value is -4.37. The molecule has 0 spiro atoms. The average molecular weight is 526 g/mol. The van der Waals surface area contributed by atoms with E-state index < -0.39 is 11.9 Å². The van der Waals surface area contributed by atoms with Crippen LogP contribution in [0, 0.1) is 6.92 Å². The summed E-state index contributed by atoms with van der Waals surface area (Å²) < 4.78 is 7.22. The van der Waals surface area contributed by atoms with E-state index in [1.54, 1.807) is 24.3 Å². The number of carbonyl (C=O) groups is 3. The molecule has 0 saturated carbocycles. The van der Waals surface area contributed by atoms with Crippen molar-refractivity contribution in [3.05, 3.63) is 89.5 Å². The van der Waals surface area contributed by atoms with Crippen molar-refractivity contribution in [3.63, 3.8) is 0 Å². The Labute approximate surface area is 226 Å². The fourth-order valence-corrected chi connectivity index (χ4v) is 5.04. The first-order valence-electron chi connectivity index (χ1n) is 13.1. The van der Waals surface area contributed by atoms with Gasteiger partial charge in [-0.15, -0.1) is 5.10 Å². The van der Waals surface area contributed by atoms with Crippen LogP contribution < -0.4 is 10.2 Å². The molecule has 5 rings (SSSR count). The molecular formula is C30H31N5O4. The summed E-state index contributed by atoms with van der Waals surface area (Å²) in [5, 5.41) is 11.4. The van der Waals surface area contributed by atoms with E-state index in [1.807, 2.05) is 55.5 Å². The Morgan fingerprint density at radius 2 is 1.79 bits per heavy atom. The first-order chi connectivity index (χ1) is 18.9. The Morgan fingerprint density at radius 1 is 1.05 bits per heavy atom. The molecule has 1 aliphatic rings. The molecule has 1 N–H and O–H groups in total. The summed E-state index contributed by atoms with van der Waals surface area (Å²) in [6.07, 6.45) is 1.75. The van der Waals surface area contributed by atoms with Crippen LogP contribution in [-0.2, 0) is 20.9 Å². The second-order valence-electron chi connectivity index (χ2n) is 9.71. The minimum absolute atomic E-state index is 0.0679. The number of hydrogen-bond acceptors (Lipinski definition) is 6. The van der Waals surface area contributed by atoms with Crippen LogP contribution in [0.2, 0.25) is 0 Å². The molecule has 1 aliphatic heterocycles. The van der Waals surface area contributed by atoms with Gasteiger partial charge in [0.15, 0.2) is 5.78 Å². The van der Waals surface area contributed by atoms with E-state index in [4.69, 9.17) is 4.74 Å².